The fourth-order valence-corrected chi connectivity index (χ4v) is 0.489. The standard InChI is InChI=1S/C3H2F6OS/c4-2(5,6)10-1-11-3(7,8)9/h1H2. The zero-order chi connectivity index (χ0) is 9.12. The van der Waals surface area contributed by atoms with Crippen LogP contribution in [0.2, 0.25) is 0 Å². The SMILES string of the molecule is FC(F)(F)OCSC(F)(F)F. The molecule has 0 saturated heterocycles. The van der Waals surface area contributed by atoms with Crippen molar-refractivity contribution in [3.63, 3.8) is 0 Å². The van der Waals surface area contributed by atoms with Crippen LogP contribution in [0.3, 0.4) is 0 Å². The van der Waals surface area contributed by atoms with Crippen molar-refractivity contribution in [2.45, 2.75) is 11.9 Å². The van der Waals surface area contributed by atoms with E-state index in [1.54, 1.807) is 0 Å². The summed E-state index contributed by atoms with van der Waals surface area (Å²) in [5.74, 6) is -1.47. The molecular weight excluding hydrogens is 198 g/mol. The zero-order valence-electron chi connectivity index (χ0n) is 4.79. The quantitative estimate of drug-likeness (QED) is 0.500. The maximum absolute atomic E-state index is 11.1. The number of ether oxygens (including phenoxy) is 1. The number of thioether (sulfide) groups is 1. The second kappa shape index (κ2) is 3.53. The van der Waals surface area contributed by atoms with E-state index in [-0.39, 0.29) is 0 Å². The summed E-state index contributed by atoms with van der Waals surface area (Å²) in [4.78, 5) is 0. The van der Waals surface area contributed by atoms with Gasteiger partial charge in [-0.3, -0.25) is 4.74 Å². The Morgan fingerprint density at radius 2 is 1.45 bits per heavy atom. The van der Waals surface area contributed by atoms with Gasteiger partial charge in [-0.1, -0.05) is 0 Å². The Kier molecular flexibility index (Phi) is 3.49. The average Bonchev–Trinajstić information content (AvgIpc) is 1.55. The highest BCUT2D eigenvalue weighted by atomic mass is 32.2. The number of hydrogen-bond acceptors (Lipinski definition) is 2. The summed E-state index contributed by atoms with van der Waals surface area (Å²) < 4.78 is 69.4. The molecule has 0 atom stereocenters. The minimum Gasteiger partial charge on any atom is -0.281 e. The van der Waals surface area contributed by atoms with Crippen molar-refractivity contribution in [2.24, 2.45) is 0 Å². The van der Waals surface area contributed by atoms with E-state index in [0.717, 1.165) is 0 Å². The summed E-state index contributed by atoms with van der Waals surface area (Å²) in [5, 5.41) is 0. The van der Waals surface area contributed by atoms with Gasteiger partial charge in [-0.2, -0.15) is 13.2 Å². The molecule has 11 heavy (non-hydrogen) atoms. The van der Waals surface area contributed by atoms with Gasteiger partial charge in [0.2, 0.25) is 0 Å². The highest BCUT2D eigenvalue weighted by Crippen LogP contribution is 2.31. The largest absolute Gasteiger partial charge is 0.523 e. The number of alkyl halides is 6. The molecule has 0 aliphatic rings. The third-order valence-electron chi connectivity index (χ3n) is 0.445. The molecule has 68 valence electrons. The Hall–Kier alpha value is -0.110. The molecule has 0 amide bonds. The lowest BCUT2D eigenvalue weighted by molar-refractivity contribution is -0.315. The zero-order valence-corrected chi connectivity index (χ0v) is 5.61. The molecule has 0 aromatic carbocycles. The van der Waals surface area contributed by atoms with Crippen LogP contribution in [0, 0.1) is 0 Å². The molecule has 0 bridgehead atoms. The van der Waals surface area contributed by atoms with E-state index in [4.69, 9.17) is 0 Å². The van der Waals surface area contributed by atoms with Crippen LogP contribution in [0.15, 0.2) is 0 Å². The highest BCUT2D eigenvalue weighted by Gasteiger charge is 2.34. The van der Waals surface area contributed by atoms with Crippen molar-refractivity contribution >= 4 is 11.8 Å². The van der Waals surface area contributed by atoms with Crippen LogP contribution in [-0.4, -0.2) is 17.8 Å². The predicted octanol–water partition coefficient (Wildman–Crippen LogP) is 2.73. The third kappa shape index (κ3) is 9.89. The van der Waals surface area contributed by atoms with E-state index < -0.39 is 29.6 Å². The first kappa shape index (κ1) is 10.9. The van der Waals surface area contributed by atoms with Crippen molar-refractivity contribution in [1.82, 2.24) is 0 Å². The molecule has 0 heterocycles. The maximum Gasteiger partial charge on any atom is 0.523 e. The van der Waals surface area contributed by atoms with Crippen LogP contribution in [0.5, 0.6) is 0 Å². The molecule has 0 unspecified atom stereocenters. The fraction of sp³-hybridized carbons (Fsp3) is 1.00. The van der Waals surface area contributed by atoms with Crippen LogP contribution >= 0.6 is 11.8 Å². The van der Waals surface area contributed by atoms with Crippen molar-refractivity contribution in [1.29, 1.82) is 0 Å². The van der Waals surface area contributed by atoms with Crippen molar-refractivity contribution < 1.29 is 31.1 Å². The Labute approximate surface area is 61.7 Å². The normalized spacial score (nSPS) is 13.6. The summed E-state index contributed by atoms with van der Waals surface area (Å²) in [7, 11) is 0. The lowest BCUT2D eigenvalue weighted by Gasteiger charge is -2.07. The minimum absolute atomic E-state index is 0.882. The Balaban J connectivity index is 3.44. The second-order valence-electron chi connectivity index (χ2n) is 1.30. The molecule has 0 saturated carbocycles. The van der Waals surface area contributed by atoms with Gasteiger partial charge in [0.1, 0.15) is 5.94 Å². The van der Waals surface area contributed by atoms with Gasteiger partial charge >= 0.3 is 11.9 Å². The Bertz CT molecular complexity index is 102. The first-order valence-corrected chi connectivity index (χ1v) is 3.11. The lowest BCUT2D eigenvalue weighted by Crippen LogP contribution is -2.15. The number of hydrogen-bond donors (Lipinski definition) is 0. The van der Waals surface area contributed by atoms with E-state index in [9.17, 15) is 26.3 Å². The second-order valence-corrected chi connectivity index (χ2v) is 2.29. The van der Waals surface area contributed by atoms with Gasteiger partial charge in [-0.25, -0.2) is 0 Å². The minimum atomic E-state index is -5.00. The highest BCUT2D eigenvalue weighted by molar-refractivity contribution is 7.99. The van der Waals surface area contributed by atoms with Gasteiger partial charge < -0.3 is 0 Å². The first-order valence-electron chi connectivity index (χ1n) is 2.12. The van der Waals surface area contributed by atoms with Gasteiger partial charge in [-0.05, 0) is 11.8 Å². The maximum atomic E-state index is 11.1. The van der Waals surface area contributed by atoms with Gasteiger partial charge in [0.15, 0.2) is 0 Å². The summed E-state index contributed by atoms with van der Waals surface area (Å²) in [6.07, 6.45) is -5.00. The summed E-state index contributed by atoms with van der Waals surface area (Å²) in [6.45, 7) is 0. The van der Waals surface area contributed by atoms with Crippen LogP contribution in [0.4, 0.5) is 26.3 Å². The van der Waals surface area contributed by atoms with Crippen molar-refractivity contribution in [3.8, 4) is 0 Å². The summed E-state index contributed by atoms with van der Waals surface area (Å²) >= 11 is -0.882. The van der Waals surface area contributed by atoms with Crippen LogP contribution in [0.25, 0.3) is 0 Å². The van der Waals surface area contributed by atoms with E-state index in [1.807, 2.05) is 0 Å². The topological polar surface area (TPSA) is 9.23 Å². The molecule has 0 aromatic rings. The number of rotatable bonds is 2. The molecule has 8 heteroatoms. The molecule has 0 rings (SSSR count). The number of halogens is 6. The molecule has 0 aliphatic heterocycles. The van der Waals surface area contributed by atoms with Gasteiger partial charge in [0, 0.05) is 0 Å². The fourth-order valence-electron chi connectivity index (χ4n) is 0.163. The molecule has 0 spiro atoms. The predicted molar refractivity (Wildman–Crippen MR) is 25.7 cm³/mol. The molecule has 0 aliphatic carbocycles. The molecule has 1 nitrogen and oxygen atoms in total. The van der Waals surface area contributed by atoms with Crippen LogP contribution in [0.1, 0.15) is 0 Å². The molecule has 0 N–H and O–H groups in total. The smallest absolute Gasteiger partial charge is 0.281 e. The molecule has 0 aromatic heterocycles. The Morgan fingerprint density at radius 3 is 1.73 bits per heavy atom. The molecule has 0 fully saturated rings. The van der Waals surface area contributed by atoms with E-state index >= 15 is 0 Å². The van der Waals surface area contributed by atoms with Crippen LogP contribution in [-0.2, 0) is 4.74 Å². The van der Waals surface area contributed by atoms with Gasteiger partial charge in [0.05, 0.1) is 0 Å². The Morgan fingerprint density at radius 1 is 1.00 bits per heavy atom. The van der Waals surface area contributed by atoms with E-state index in [1.165, 1.54) is 0 Å². The average molecular weight is 200 g/mol. The first-order chi connectivity index (χ1) is 4.71. The van der Waals surface area contributed by atoms with Gasteiger partial charge in [-0.15, -0.1) is 13.2 Å². The molecular formula is C3H2F6OS. The summed E-state index contributed by atoms with van der Waals surface area (Å²) in [5.41, 5.74) is -4.69. The monoisotopic (exact) mass is 200 g/mol. The van der Waals surface area contributed by atoms with E-state index in [0.29, 0.717) is 0 Å². The van der Waals surface area contributed by atoms with Gasteiger partial charge in [0.25, 0.3) is 0 Å². The lowest BCUT2D eigenvalue weighted by atomic mass is 11.3. The summed E-state index contributed by atoms with van der Waals surface area (Å²) in [6, 6.07) is 0. The van der Waals surface area contributed by atoms with E-state index in [2.05, 4.69) is 4.74 Å². The third-order valence-corrected chi connectivity index (χ3v) is 1.01. The van der Waals surface area contributed by atoms with Crippen LogP contribution < -0.4 is 0 Å². The molecule has 0 radical (unpaired) electrons. The van der Waals surface area contributed by atoms with Crippen molar-refractivity contribution in [2.75, 3.05) is 5.94 Å². The van der Waals surface area contributed by atoms with Crippen molar-refractivity contribution in [3.05, 3.63) is 0 Å².